The Morgan fingerprint density at radius 2 is 1.96 bits per heavy atom. The summed E-state index contributed by atoms with van der Waals surface area (Å²) < 4.78 is 7.01. The lowest BCUT2D eigenvalue weighted by molar-refractivity contribution is -0.122. The molecule has 2 rings (SSSR count). The van der Waals surface area contributed by atoms with Crippen LogP contribution in [0.1, 0.15) is 57.3 Å². The molecule has 1 aliphatic heterocycles. The Labute approximate surface area is 144 Å². The van der Waals surface area contributed by atoms with Gasteiger partial charge in [0, 0.05) is 26.6 Å². The zero-order chi connectivity index (χ0) is 17.2. The second-order valence-corrected chi connectivity index (χ2v) is 6.52. The van der Waals surface area contributed by atoms with Crippen LogP contribution in [-0.4, -0.2) is 58.9 Å². The number of likely N-dealkylation sites (tertiary alicyclic amines) is 1. The third-order valence-corrected chi connectivity index (χ3v) is 4.55. The number of hydrogen-bond acceptors (Lipinski definition) is 5. The van der Waals surface area contributed by atoms with Crippen LogP contribution in [0, 0.1) is 0 Å². The summed E-state index contributed by atoms with van der Waals surface area (Å²) in [7, 11) is 1.67. The molecule has 1 fully saturated rings. The lowest BCUT2D eigenvalue weighted by atomic mass is 10.1. The van der Waals surface area contributed by atoms with Gasteiger partial charge in [0.05, 0.1) is 12.6 Å². The first-order valence-corrected chi connectivity index (χ1v) is 9.09. The molecule has 1 N–H and O–H groups in total. The van der Waals surface area contributed by atoms with Gasteiger partial charge in [-0.3, -0.25) is 4.79 Å². The van der Waals surface area contributed by atoms with Crippen molar-refractivity contribution in [3.05, 3.63) is 12.2 Å². The molecule has 1 unspecified atom stereocenters. The maximum absolute atomic E-state index is 12.3. The highest BCUT2D eigenvalue weighted by atomic mass is 16.5. The van der Waals surface area contributed by atoms with E-state index in [4.69, 9.17) is 4.74 Å². The summed E-state index contributed by atoms with van der Waals surface area (Å²) in [6.07, 6.45) is 8.71. The first-order valence-electron chi connectivity index (χ1n) is 9.09. The molecule has 7 nitrogen and oxygen atoms in total. The average Bonchev–Trinajstić information content (AvgIpc) is 3.00. The summed E-state index contributed by atoms with van der Waals surface area (Å²) in [4.78, 5) is 14.7. The number of aromatic nitrogens is 3. The number of ether oxygens (including phenoxy) is 1. The van der Waals surface area contributed by atoms with Crippen LogP contribution in [0.2, 0.25) is 0 Å². The van der Waals surface area contributed by atoms with E-state index in [9.17, 15) is 4.79 Å². The Balaban J connectivity index is 1.75. The highest BCUT2D eigenvalue weighted by Crippen LogP contribution is 2.12. The molecule has 1 aliphatic rings. The molecule has 1 aromatic rings. The van der Waals surface area contributed by atoms with Crippen molar-refractivity contribution in [3.8, 4) is 0 Å². The number of nitrogens with zero attached hydrogens (tertiary/aromatic N) is 4. The summed E-state index contributed by atoms with van der Waals surface area (Å²) >= 11 is 0. The van der Waals surface area contributed by atoms with Crippen molar-refractivity contribution in [3.63, 3.8) is 0 Å². The number of rotatable bonds is 8. The second kappa shape index (κ2) is 10.4. The molecule has 0 aromatic carbocycles. The summed E-state index contributed by atoms with van der Waals surface area (Å²) in [6, 6.07) is -0.149. The summed E-state index contributed by atoms with van der Waals surface area (Å²) in [6.45, 7) is 6.31. The summed E-state index contributed by atoms with van der Waals surface area (Å²) in [5.74, 6) is 0.845. The van der Waals surface area contributed by atoms with Crippen molar-refractivity contribution in [2.24, 2.45) is 0 Å². The van der Waals surface area contributed by atoms with Crippen LogP contribution in [0.4, 0.5) is 0 Å². The molecule has 7 heteroatoms. The SMILES string of the molecule is COCCn1cnnc1C(C)NC(=O)CCN1CCCCCCC1. The number of nitrogens with one attached hydrogen (secondary N) is 1. The van der Waals surface area contributed by atoms with Gasteiger partial charge in [-0.25, -0.2) is 0 Å². The molecule has 2 heterocycles. The predicted molar refractivity (Wildman–Crippen MR) is 92.6 cm³/mol. The lowest BCUT2D eigenvalue weighted by Crippen LogP contribution is -2.34. The average molecular weight is 337 g/mol. The Bertz CT molecular complexity index is 483. The van der Waals surface area contributed by atoms with E-state index in [0.29, 0.717) is 19.6 Å². The Morgan fingerprint density at radius 1 is 1.25 bits per heavy atom. The number of methoxy groups -OCH3 is 1. The van der Waals surface area contributed by atoms with Crippen LogP contribution in [0.5, 0.6) is 0 Å². The molecule has 136 valence electrons. The van der Waals surface area contributed by atoms with Gasteiger partial charge in [0.2, 0.25) is 5.91 Å². The van der Waals surface area contributed by atoms with Crippen LogP contribution < -0.4 is 5.32 Å². The molecule has 1 atom stereocenters. The molecule has 1 aromatic heterocycles. The fourth-order valence-corrected chi connectivity index (χ4v) is 3.14. The van der Waals surface area contributed by atoms with E-state index in [2.05, 4.69) is 20.4 Å². The van der Waals surface area contributed by atoms with Crippen LogP contribution in [0.3, 0.4) is 0 Å². The highest BCUT2D eigenvalue weighted by Gasteiger charge is 2.16. The Morgan fingerprint density at radius 3 is 2.67 bits per heavy atom. The fraction of sp³-hybridized carbons (Fsp3) is 0.824. The van der Waals surface area contributed by atoms with Crippen molar-refractivity contribution in [2.45, 2.75) is 58.0 Å². The van der Waals surface area contributed by atoms with E-state index < -0.39 is 0 Å². The quantitative estimate of drug-likeness (QED) is 0.782. The van der Waals surface area contributed by atoms with Gasteiger partial charge in [-0.05, 0) is 32.9 Å². The standard InChI is InChI=1S/C17H31N5O2/c1-15(17-20-18-14-22(17)12-13-24-2)19-16(23)8-11-21-9-6-4-3-5-7-10-21/h14-15H,3-13H2,1-2H3,(H,19,23). The predicted octanol–water partition coefficient (Wildman–Crippen LogP) is 1.76. The topological polar surface area (TPSA) is 72.3 Å². The first-order chi connectivity index (χ1) is 11.7. The van der Waals surface area contributed by atoms with Gasteiger partial charge < -0.3 is 19.5 Å². The van der Waals surface area contributed by atoms with E-state index in [0.717, 1.165) is 25.5 Å². The van der Waals surface area contributed by atoms with Crippen LogP contribution in [0.15, 0.2) is 6.33 Å². The number of amides is 1. The minimum Gasteiger partial charge on any atom is -0.383 e. The largest absolute Gasteiger partial charge is 0.383 e. The van der Waals surface area contributed by atoms with Crippen molar-refractivity contribution < 1.29 is 9.53 Å². The van der Waals surface area contributed by atoms with Crippen LogP contribution >= 0.6 is 0 Å². The fourth-order valence-electron chi connectivity index (χ4n) is 3.14. The zero-order valence-electron chi connectivity index (χ0n) is 15.0. The Kier molecular flexibility index (Phi) is 8.18. The number of carbonyl (C=O) groups is 1. The number of hydrogen-bond donors (Lipinski definition) is 1. The summed E-state index contributed by atoms with van der Waals surface area (Å²) in [5.41, 5.74) is 0. The minimum atomic E-state index is -0.149. The molecule has 0 aliphatic carbocycles. The molecule has 0 bridgehead atoms. The highest BCUT2D eigenvalue weighted by molar-refractivity contribution is 5.76. The van der Waals surface area contributed by atoms with Gasteiger partial charge >= 0.3 is 0 Å². The van der Waals surface area contributed by atoms with Gasteiger partial charge in [0.25, 0.3) is 0 Å². The van der Waals surface area contributed by atoms with Gasteiger partial charge in [-0.15, -0.1) is 10.2 Å². The molecule has 0 saturated carbocycles. The molecule has 0 radical (unpaired) electrons. The molecule has 1 amide bonds. The van der Waals surface area contributed by atoms with Crippen LogP contribution in [0.25, 0.3) is 0 Å². The van der Waals surface area contributed by atoms with Crippen molar-refractivity contribution in [1.82, 2.24) is 25.0 Å². The molecule has 0 spiro atoms. The van der Waals surface area contributed by atoms with Crippen LogP contribution in [-0.2, 0) is 16.1 Å². The second-order valence-electron chi connectivity index (χ2n) is 6.52. The maximum Gasteiger partial charge on any atom is 0.221 e. The third kappa shape index (κ3) is 6.20. The van der Waals surface area contributed by atoms with E-state index >= 15 is 0 Å². The van der Waals surface area contributed by atoms with Gasteiger partial charge in [0.15, 0.2) is 5.82 Å². The normalized spacial score (nSPS) is 17.9. The van der Waals surface area contributed by atoms with E-state index in [1.165, 1.54) is 32.1 Å². The first kappa shape index (κ1) is 18.9. The van der Waals surface area contributed by atoms with Gasteiger partial charge in [0.1, 0.15) is 6.33 Å². The van der Waals surface area contributed by atoms with E-state index in [-0.39, 0.29) is 11.9 Å². The van der Waals surface area contributed by atoms with Gasteiger partial charge in [-0.1, -0.05) is 19.3 Å². The zero-order valence-corrected chi connectivity index (χ0v) is 15.0. The number of carbonyl (C=O) groups excluding carboxylic acids is 1. The maximum atomic E-state index is 12.3. The van der Waals surface area contributed by atoms with Crippen molar-refractivity contribution in [1.29, 1.82) is 0 Å². The smallest absolute Gasteiger partial charge is 0.221 e. The minimum absolute atomic E-state index is 0.0749. The third-order valence-electron chi connectivity index (χ3n) is 4.55. The lowest BCUT2D eigenvalue weighted by Gasteiger charge is -2.24. The molecule has 24 heavy (non-hydrogen) atoms. The summed E-state index contributed by atoms with van der Waals surface area (Å²) in [5, 5.41) is 11.1. The van der Waals surface area contributed by atoms with Crippen molar-refractivity contribution >= 4 is 5.91 Å². The molecular formula is C17H31N5O2. The van der Waals surface area contributed by atoms with E-state index in [1.807, 2.05) is 11.5 Å². The molecule has 1 saturated heterocycles. The molecular weight excluding hydrogens is 306 g/mol. The van der Waals surface area contributed by atoms with Gasteiger partial charge in [-0.2, -0.15) is 0 Å². The van der Waals surface area contributed by atoms with E-state index in [1.54, 1.807) is 13.4 Å². The Hall–Kier alpha value is -1.47. The van der Waals surface area contributed by atoms with Crippen molar-refractivity contribution in [2.75, 3.05) is 33.4 Å². The monoisotopic (exact) mass is 337 g/mol.